The molecule has 0 bridgehead atoms. The number of carbonyl (C=O) groups excluding carboxylic acids is 3. The van der Waals surface area contributed by atoms with Crippen LogP contribution in [0.2, 0.25) is 0 Å². The van der Waals surface area contributed by atoms with Gasteiger partial charge in [-0.2, -0.15) is 0 Å². The average Bonchev–Trinajstić information content (AvgIpc) is 3.04. The van der Waals surface area contributed by atoms with Gasteiger partial charge in [0, 0.05) is 46.6 Å². The maximum absolute atomic E-state index is 13.0. The van der Waals surface area contributed by atoms with Crippen LogP contribution in [0, 0.1) is 5.41 Å². The molecule has 1 atom stereocenters. The zero-order valence-electron chi connectivity index (χ0n) is 14.9. The minimum absolute atomic E-state index is 0.00680. The Balaban J connectivity index is 1.64. The normalized spacial score (nSPS) is 26.8. The van der Waals surface area contributed by atoms with E-state index in [2.05, 4.69) is 0 Å². The molecule has 0 aromatic heterocycles. The van der Waals surface area contributed by atoms with Crippen molar-refractivity contribution in [1.82, 2.24) is 14.7 Å². The van der Waals surface area contributed by atoms with E-state index in [1.165, 1.54) is 0 Å². The number of hydrogen-bond acceptors (Lipinski definition) is 3. The van der Waals surface area contributed by atoms with E-state index in [4.69, 9.17) is 0 Å². The SMILES string of the molecule is CC(=O)N1CCC2(CCCN(C(=O)[C@@H]3CCCN3C(C)=O)C2)CC1. The molecule has 6 heteroatoms. The molecule has 0 unspecified atom stereocenters. The van der Waals surface area contributed by atoms with Crippen molar-refractivity contribution in [2.45, 2.75) is 58.4 Å². The molecule has 3 heterocycles. The van der Waals surface area contributed by atoms with Crippen LogP contribution in [0.3, 0.4) is 0 Å². The fourth-order valence-electron chi connectivity index (χ4n) is 4.71. The molecule has 0 radical (unpaired) electrons. The fourth-order valence-corrected chi connectivity index (χ4v) is 4.71. The molecule has 3 aliphatic heterocycles. The van der Waals surface area contributed by atoms with Crippen molar-refractivity contribution in [3.8, 4) is 0 Å². The second-order valence-electron chi connectivity index (χ2n) is 7.74. The fraction of sp³-hybridized carbons (Fsp3) is 0.833. The van der Waals surface area contributed by atoms with E-state index in [1.54, 1.807) is 18.7 Å². The van der Waals surface area contributed by atoms with Gasteiger partial charge in [-0.05, 0) is 43.9 Å². The summed E-state index contributed by atoms with van der Waals surface area (Å²) < 4.78 is 0. The Morgan fingerprint density at radius 3 is 2.17 bits per heavy atom. The van der Waals surface area contributed by atoms with E-state index in [0.717, 1.165) is 64.7 Å². The van der Waals surface area contributed by atoms with Gasteiger partial charge in [-0.25, -0.2) is 0 Å². The number of carbonyl (C=O) groups is 3. The summed E-state index contributed by atoms with van der Waals surface area (Å²) in [5.74, 6) is 0.291. The van der Waals surface area contributed by atoms with Crippen molar-refractivity contribution in [2.75, 3.05) is 32.7 Å². The van der Waals surface area contributed by atoms with Gasteiger partial charge in [0.05, 0.1) is 0 Å². The first kappa shape index (κ1) is 17.2. The minimum Gasteiger partial charge on any atom is -0.343 e. The molecular weight excluding hydrogens is 306 g/mol. The van der Waals surface area contributed by atoms with Gasteiger partial charge < -0.3 is 14.7 Å². The second kappa shape index (κ2) is 6.73. The first-order valence-electron chi connectivity index (χ1n) is 9.23. The quantitative estimate of drug-likeness (QED) is 0.724. The minimum atomic E-state index is -0.255. The third-order valence-electron chi connectivity index (χ3n) is 6.18. The van der Waals surface area contributed by atoms with Gasteiger partial charge in [-0.3, -0.25) is 14.4 Å². The molecule has 3 rings (SSSR count). The summed E-state index contributed by atoms with van der Waals surface area (Å²) in [6, 6.07) is -0.255. The molecule has 134 valence electrons. The number of hydrogen-bond donors (Lipinski definition) is 0. The Labute approximate surface area is 144 Å². The maximum atomic E-state index is 13.0. The van der Waals surface area contributed by atoms with E-state index in [-0.39, 0.29) is 29.2 Å². The number of likely N-dealkylation sites (tertiary alicyclic amines) is 3. The van der Waals surface area contributed by atoms with E-state index in [9.17, 15) is 14.4 Å². The highest BCUT2D eigenvalue weighted by molar-refractivity contribution is 5.87. The van der Waals surface area contributed by atoms with E-state index >= 15 is 0 Å². The van der Waals surface area contributed by atoms with Crippen LogP contribution < -0.4 is 0 Å². The van der Waals surface area contributed by atoms with Crippen LogP contribution in [0.15, 0.2) is 0 Å². The van der Waals surface area contributed by atoms with Gasteiger partial charge in [-0.15, -0.1) is 0 Å². The molecule has 3 amide bonds. The molecule has 3 fully saturated rings. The van der Waals surface area contributed by atoms with Gasteiger partial charge in [0.15, 0.2) is 0 Å². The van der Waals surface area contributed by atoms with Crippen LogP contribution in [-0.4, -0.2) is 71.2 Å². The molecule has 6 nitrogen and oxygen atoms in total. The predicted molar refractivity (Wildman–Crippen MR) is 90.1 cm³/mol. The van der Waals surface area contributed by atoms with Crippen LogP contribution in [0.4, 0.5) is 0 Å². The largest absolute Gasteiger partial charge is 0.343 e. The van der Waals surface area contributed by atoms with Gasteiger partial charge in [-0.1, -0.05) is 0 Å². The molecule has 0 aliphatic carbocycles. The molecule has 24 heavy (non-hydrogen) atoms. The van der Waals surface area contributed by atoms with Crippen molar-refractivity contribution in [1.29, 1.82) is 0 Å². The molecule has 3 saturated heterocycles. The van der Waals surface area contributed by atoms with E-state index in [1.807, 2.05) is 9.80 Å². The van der Waals surface area contributed by atoms with Crippen molar-refractivity contribution in [2.24, 2.45) is 5.41 Å². The van der Waals surface area contributed by atoms with Gasteiger partial charge >= 0.3 is 0 Å². The van der Waals surface area contributed by atoms with Crippen LogP contribution in [0.25, 0.3) is 0 Å². The summed E-state index contributed by atoms with van der Waals surface area (Å²) in [5, 5.41) is 0. The maximum Gasteiger partial charge on any atom is 0.245 e. The van der Waals surface area contributed by atoms with Crippen LogP contribution in [0.5, 0.6) is 0 Å². The smallest absolute Gasteiger partial charge is 0.245 e. The Morgan fingerprint density at radius 2 is 1.54 bits per heavy atom. The first-order chi connectivity index (χ1) is 11.4. The highest BCUT2D eigenvalue weighted by atomic mass is 16.2. The average molecular weight is 335 g/mol. The molecule has 0 aromatic rings. The Morgan fingerprint density at radius 1 is 0.833 bits per heavy atom. The second-order valence-corrected chi connectivity index (χ2v) is 7.74. The van der Waals surface area contributed by atoms with E-state index < -0.39 is 0 Å². The highest BCUT2D eigenvalue weighted by Crippen LogP contribution is 2.40. The van der Waals surface area contributed by atoms with Gasteiger partial charge in [0.1, 0.15) is 6.04 Å². The van der Waals surface area contributed by atoms with Crippen LogP contribution in [-0.2, 0) is 14.4 Å². The van der Waals surface area contributed by atoms with Crippen molar-refractivity contribution < 1.29 is 14.4 Å². The lowest BCUT2D eigenvalue weighted by molar-refractivity contribution is -0.146. The predicted octanol–water partition coefficient (Wildman–Crippen LogP) is 1.25. The summed E-state index contributed by atoms with van der Waals surface area (Å²) in [4.78, 5) is 41.9. The molecule has 0 N–H and O–H groups in total. The molecule has 0 saturated carbocycles. The summed E-state index contributed by atoms with van der Waals surface area (Å²) >= 11 is 0. The summed E-state index contributed by atoms with van der Waals surface area (Å²) in [7, 11) is 0. The number of rotatable bonds is 1. The van der Waals surface area contributed by atoms with Crippen LogP contribution >= 0.6 is 0 Å². The molecule has 0 aromatic carbocycles. The highest BCUT2D eigenvalue weighted by Gasteiger charge is 2.43. The summed E-state index contributed by atoms with van der Waals surface area (Å²) in [5.41, 5.74) is 0.166. The summed E-state index contributed by atoms with van der Waals surface area (Å²) in [6.07, 6.45) is 5.85. The number of amides is 3. The zero-order chi connectivity index (χ0) is 17.3. The van der Waals surface area contributed by atoms with Gasteiger partial charge in [0.25, 0.3) is 0 Å². The molecule has 1 spiro atoms. The van der Waals surface area contributed by atoms with E-state index in [0.29, 0.717) is 6.54 Å². The topological polar surface area (TPSA) is 60.9 Å². The third kappa shape index (κ3) is 3.28. The summed E-state index contributed by atoms with van der Waals surface area (Å²) in [6.45, 7) is 7.10. The first-order valence-corrected chi connectivity index (χ1v) is 9.23. The number of piperidine rings is 2. The Kier molecular flexibility index (Phi) is 4.83. The lowest BCUT2D eigenvalue weighted by atomic mass is 9.72. The van der Waals surface area contributed by atoms with Gasteiger partial charge in [0.2, 0.25) is 17.7 Å². The van der Waals surface area contributed by atoms with Crippen LogP contribution in [0.1, 0.15) is 52.4 Å². The van der Waals surface area contributed by atoms with Crippen molar-refractivity contribution >= 4 is 17.7 Å². The monoisotopic (exact) mass is 335 g/mol. The van der Waals surface area contributed by atoms with Crippen molar-refractivity contribution in [3.05, 3.63) is 0 Å². The zero-order valence-corrected chi connectivity index (χ0v) is 14.9. The van der Waals surface area contributed by atoms with Crippen molar-refractivity contribution in [3.63, 3.8) is 0 Å². The molecule has 3 aliphatic rings. The Bertz CT molecular complexity index is 526. The Hall–Kier alpha value is -1.59. The standard InChI is InChI=1S/C18H29N3O3/c1-14(22)19-11-7-18(8-12-19)6-4-9-20(13-18)17(24)16-5-3-10-21(16)15(2)23/h16H,3-13H2,1-2H3/t16-/m0/s1. The lowest BCUT2D eigenvalue weighted by Crippen LogP contribution is -2.55. The lowest BCUT2D eigenvalue weighted by Gasteiger charge is -2.48. The number of nitrogens with zero attached hydrogens (tertiary/aromatic N) is 3. The molecular formula is C18H29N3O3. The third-order valence-corrected chi connectivity index (χ3v) is 6.18.